The third-order valence-electron chi connectivity index (χ3n) is 3.18. The highest BCUT2D eigenvalue weighted by molar-refractivity contribution is 5.82. The maximum absolute atomic E-state index is 13.5. The Kier molecular flexibility index (Phi) is 4.69. The van der Waals surface area contributed by atoms with E-state index in [9.17, 15) is 9.18 Å². The second kappa shape index (κ2) is 5.70. The lowest BCUT2D eigenvalue weighted by molar-refractivity contribution is -0.124. The van der Waals surface area contributed by atoms with E-state index in [0.717, 1.165) is 5.56 Å². The van der Waals surface area contributed by atoms with Gasteiger partial charge in [-0.1, -0.05) is 32.9 Å². The van der Waals surface area contributed by atoms with Crippen molar-refractivity contribution < 1.29 is 9.18 Å². The van der Waals surface area contributed by atoms with Crippen molar-refractivity contribution in [3.05, 3.63) is 34.6 Å². The van der Waals surface area contributed by atoms with Gasteiger partial charge in [-0.25, -0.2) is 4.39 Å². The topological polar surface area (TPSA) is 55.1 Å². The second-order valence-electron chi connectivity index (χ2n) is 6.11. The molecule has 0 aliphatic heterocycles. The largest absolute Gasteiger partial charge is 0.351 e. The van der Waals surface area contributed by atoms with Gasteiger partial charge in [0.05, 0.1) is 6.04 Å². The first-order chi connectivity index (χ1) is 8.62. The predicted molar refractivity (Wildman–Crippen MR) is 75.2 cm³/mol. The molecule has 0 unspecified atom stereocenters. The zero-order valence-electron chi connectivity index (χ0n) is 12.3. The lowest BCUT2D eigenvalue weighted by Crippen LogP contribution is -2.48. The van der Waals surface area contributed by atoms with Crippen molar-refractivity contribution in [2.24, 2.45) is 11.1 Å². The molecule has 3 N–H and O–H groups in total. The second-order valence-corrected chi connectivity index (χ2v) is 6.11. The first-order valence-corrected chi connectivity index (χ1v) is 6.42. The summed E-state index contributed by atoms with van der Waals surface area (Å²) in [5.74, 6) is -0.381. The summed E-state index contributed by atoms with van der Waals surface area (Å²) < 4.78 is 13.5. The molecule has 0 heterocycles. The van der Waals surface area contributed by atoms with Gasteiger partial charge < -0.3 is 11.1 Å². The molecule has 0 aliphatic carbocycles. The standard InChI is InChI=1S/C15H23FN2O/c1-9-6-11(7-10(2)12(9)16)8-18-14(19)13(17)15(3,4)5/h6-7,13H,8,17H2,1-5H3,(H,18,19)/t13-/m0/s1. The van der Waals surface area contributed by atoms with Crippen molar-refractivity contribution in [1.82, 2.24) is 5.32 Å². The fourth-order valence-electron chi connectivity index (χ4n) is 1.83. The van der Waals surface area contributed by atoms with Crippen LogP contribution in [0.15, 0.2) is 12.1 Å². The molecule has 0 aliphatic rings. The summed E-state index contributed by atoms with van der Waals surface area (Å²) in [6.45, 7) is 9.56. The van der Waals surface area contributed by atoms with Gasteiger partial charge in [-0.15, -0.1) is 0 Å². The van der Waals surface area contributed by atoms with Gasteiger partial charge in [-0.2, -0.15) is 0 Å². The summed E-state index contributed by atoms with van der Waals surface area (Å²) >= 11 is 0. The van der Waals surface area contributed by atoms with E-state index in [4.69, 9.17) is 5.73 Å². The molecule has 0 bridgehead atoms. The van der Waals surface area contributed by atoms with E-state index in [0.29, 0.717) is 17.7 Å². The Bertz CT molecular complexity index is 455. The Balaban J connectivity index is 2.70. The SMILES string of the molecule is Cc1cc(CNC(=O)[C@H](N)C(C)(C)C)cc(C)c1F. The smallest absolute Gasteiger partial charge is 0.237 e. The number of hydrogen-bond acceptors (Lipinski definition) is 2. The summed E-state index contributed by atoms with van der Waals surface area (Å²) in [6.07, 6.45) is 0. The van der Waals surface area contributed by atoms with Crippen LogP contribution in [0.2, 0.25) is 0 Å². The van der Waals surface area contributed by atoms with Crippen molar-refractivity contribution in [3.8, 4) is 0 Å². The van der Waals surface area contributed by atoms with E-state index in [1.165, 1.54) is 0 Å². The van der Waals surface area contributed by atoms with Crippen LogP contribution in [0, 0.1) is 25.1 Å². The number of nitrogens with two attached hydrogens (primary N) is 1. The number of carbonyl (C=O) groups excluding carboxylic acids is 1. The number of benzene rings is 1. The normalized spacial score (nSPS) is 13.2. The molecule has 106 valence electrons. The van der Waals surface area contributed by atoms with Crippen LogP contribution in [0.1, 0.15) is 37.5 Å². The average Bonchev–Trinajstić information content (AvgIpc) is 2.30. The summed E-state index contributed by atoms with van der Waals surface area (Å²) in [5, 5.41) is 2.79. The molecule has 19 heavy (non-hydrogen) atoms. The highest BCUT2D eigenvalue weighted by Gasteiger charge is 2.27. The molecule has 1 amide bonds. The molecule has 0 saturated carbocycles. The Hall–Kier alpha value is -1.42. The number of aryl methyl sites for hydroxylation is 2. The predicted octanol–water partition coefficient (Wildman–Crippen LogP) is 2.43. The van der Waals surface area contributed by atoms with Gasteiger partial charge in [0.25, 0.3) is 0 Å². The van der Waals surface area contributed by atoms with Crippen molar-refractivity contribution in [3.63, 3.8) is 0 Å². The van der Waals surface area contributed by atoms with Crippen LogP contribution in [0.4, 0.5) is 4.39 Å². The fourth-order valence-corrected chi connectivity index (χ4v) is 1.83. The van der Waals surface area contributed by atoms with Gasteiger partial charge in [0.1, 0.15) is 5.82 Å². The number of hydrogen-bond donors (Lipinski definition) is 2. The van der Waals surface area contributed by atoms with Crippen LogP contribution in [0.5, 0.6) is 0 Å². The molecule has 1 rings (SSSR count). The average molecular weight is 266 g/mol. The minimum atomic E-state index is -0.560. The first-order valence-electron chi connectivity index (χ1n) is 6.42. The van der Waals surface area contributed by atoms with E-state index in [1.807, 2.05) is 20.8 Å². The van der Waals surface area contributed by atoms with Crippen molar-refractivity contribution in [2.45, 2.75) is 47.2 Å². The van der Waals surface area contributed by atoms with Crippen molar-refractivity contribution >= 4 is 5.91 Å². The summed E-state index contributed by atoms with van der Waals surface area (Å²) in [6, 6.07) is 2.92. The van der Waals surface area contributed by atoms with E-state index >= 15 is 0 Å². The van der Waals surface area contributed by atoms with Gasteiger partial charge in [-0.3, -0.25) is 4.79 Å². The quantitative estimate of drug-likeness (QED) is 0.883. The van der Waals surface area contributed by atoms with Crippen molar-refractivity contribution in [1.29, 1.82) is 0 Å². The molecule has 1 atom stereocenters. The van der Waals surface area contributed by atoms with E-state index in [-0.39, 0.29) is 17.1 Å². The van der Waals surface area contributed by atoms with Crippen LogP contribution >= 0.6 is 0 Å². The Morgan fingerprint density at radius 1 is 1.32 bits per heavy atom. The monoisotopic (exact) mass is 266 g/mol. The van der Waals surface area contributed by atoms with E-state index < -0.39 is 6.04 Å². The highest BCUT2D eigenvalue weighted by Crippen LogP contribution is 2.18. The Labute approximate surface area is 114 Å². The van der Waals surface area contributed by atoms with Crippen LogP contribution in [-0.2, 0) is 11.3 Å². The zero-order valence-corrected chi connectivity index (χ0v) is 12.3. The van der Waals surface area contributed by atoms with Crippen molar-refractivity contribution in [2.75, 3.05) is 0 Å². The molecule has 1 aromatic carbocycles. The van der Waals surface area contributed by atoms with Gasteiger partial charge >= 0.3 is 0 Å². The Morgan fingerprint density at radius 2 is 1.79 bits per heavy atom. The molecule has 1 aromatic rings. The molecule has 4 heteroatoms. The maximum atomic E-state index is 13.5. The number of halogens is 1. The summed E-state index contributed by atoms with van der Waals surface area (Å²) in [5.41, 5.74) is 7.65. The van der Waals surface area contributed by atoms with Crippen LogP contribution < -0.4 is 11.1 Å². The molecular formula is C15H23FN2O. The third kappa shape index (κ3) is 4.03. The Morgan fingerprint density at radius 3 is 2.21 bits per heavy atom. The van der Waals surface area contributed by atoms with Crippen LogP contribution in [0.3, 0.4) is 0 Å². The minimum Gasteiger partial charge on any atom is -0.351 e. The van der Waals surface area contributed by atoms with E-state index in [1.54, 1.807) is 26.0 Å². The zero-order chi connectivity index (χ0) is 14.8. The summed E-state index contributed by atoms with van der Waals surface area (Å²) in [4.78, 5) is 11.9. The van der Waals surface area contributed by atoms with Gasteiger partial charge in [0, 0.05) is 6.54 Å². The number of carbonyl (C=O) groups is 1. The number of rotatable bonds is 3. The lowest BCUT2D eigenvalue weighted by Gasteiger charge is -2.25. The minimum absolute atomic E-state index is 0.188. The highest BCUT2D eigenvalue weighted by atomic mass is 19.1. The molecule has 3 nitrogen and oxygen atoms in total. The summed E-state index contributed by atoms with van der Waals surface area (Å²) in [7, 11) is 0. The van der Waals surface area contributed by atoms with Gasteiger partial charge in [0.15, 0.2) is 0 Å². The van der Waals surface area contributed by atoms with Gasteiger partial charge in [0.2, 0.25) is 5.91 Å². The fraction of sp³-hybridized carbons (Fsp3) is 0.533. The van der Waals surface area contributed by atoms with E-state index in [2.05, 4.69) is 5.32 Å². The first kappa shape index (κ1) is 15.6. The molecular weight excluding hydrogens is 243 g/mol. The van der Waals surface area contributed by atoms with Crippen LogP contribution in [-0.4, -0.2) is 11.9 Å². The molecule has 0 saturated heterocycles. The number of amides is 1. The number of nitrogens with one attached hydrogen (secondary N) is 1. The third-order valence-corrected chi connectivity index (χ3v) is 3.18. The lowest BCUT2D eigenvalue weighted by atomic mass is 9.87. The molecule has 0 aromatic heterocycles. The molecule has 0 radical (unpaired) electrons. The maximum Gasteiger partial charge on any atom is 0.237 e. The van der Waals surface area contributed by atoms with Gasteiger partial charge in [-0.05, 0) is 36.0 Å². The van der Waals surface area contributed by atoms with Crippen LogP contribution in [0.25, 0.3) is 0 Å². The molecule has 0 fully saturated rings. The molecule has 0 spiro atoms.